The molecule has 0 atom stereocenters. The quantitative estimate of drug-likeness (QED) is 0.417. The molecule has 0 amide bonds. The summed E-state index contributed by atoms with van der Waals surface area (Å²) < 4.78 is 42.9. The molecule has 168 valence electrons. The number of rotatable bonds is 8. The van der Waals surface area contributed by atoms with Gasteiger partial charge in [0.25, 0.3) is 0 Å². The van der Waals surface area contributed by atoms with E-state index in [1.165, 1.54) is 24.7 Å². The van der Waals surface area contributed by atoms with Crippen molar-refractivity contribution in [3.63, 3.8) is 0 Å². The molecular weight excluding hydrogens is 445 g/mol. The molecule has 2 aromatic heterocycles. The minimum Gasteiger partial charge on any atom is -0.488 e. The Morgan fingerprint density at radius 3 is 2.67 bits per heavy atom. The zero-order valence-electron chi connectivity index (χ0n) is 17.6. The van der Waals surface area contributed by atoms with Gasteiger partial charge < -0.3 is 10.1 Å². The van der Waals surface area contributed by atoms with Crippen LogP contribution < -0.4 is 10.1 Å². The minimum atomic E-state index is -3.16. The van der Waals surface area contributed by atoms with Gasteiger partial charge in [0, 0.05) is 36.0 Å². The summed E-state index contributed by atoms with van der Waals surface area (Å²) in [6.07, 6.45) is 5.84. The second-order valence-corrected chi connectivity index (χ2v) is 9.46. The molecule has 0 aliphatic carbocycles. The van der Waals surface area contributed by atoms with Crippen LogP contribution >= 0.6 is 0 Å². The first-order valence-corrected chi connectivity index (χ1v) is 12.0. The Bertz CT molecular complexity index is 1370. The Labute approximate surface area is 190 Å². The Kier molecular flexibility index (Phi) is 6.55. The predicted octanol–water partition coefficient (Wildman–Crippen LogP) is 3.94. The van der Waals surface area contributed by atoms with E-state index < -0.39 is 15.7 Å². The highest BCUT2D eigenvalue weighted by Gasteiger charge is 2.13. The summed E-state index contributed by atoms with van der Waals surface area (Å²) in [5.74, 6) is 0.305. The Morgan fingerprint density at radius 1 is 1.03 bits per heavy atom. The van der Waals surface area contributed by atoms with E-state index in [9.17, 15) is 12.8 Å². The van der Waals surface area contributed by atoms with E-state index in [1.807, 2.05) is 6.07 Å². The van der Waals surface area contributed by atoms with E-state index in [4.69, 9.17) is 4.74 Å². The molecule has 10 heteroatoms. The van der Waals surface area contributed by atoms with Crippen LogP contribution in [0, 0.1) is 5.82 Å². The number of nitrogens with zero attached hydrogens (tertiary/aromatic N) is 4. The SMILES string of the molecule is CS(=O)(=O)Cc1cccc(Nc2ncnc(-c3ccc(F)cc3OCc3cccnc3)n2)c1. The molecule has 0 fully saturated rings. The molecule has 2 aromatic carbocycles. The van der Waals surface area contributed by atoms with Gasteiger partial charge in [-0.1, -0.05) is 18.2 Å². The van der Waals surface area contributed by atoms with Crippen LogP contribution in [-0.4, -0.2) is 34.6 Å². The second kappa shape index (κ2) is 9.70. The number of hydrogen-bond donors (Lipinski definition) is 1. The van der Waals surface area contributed by atoms with Crippen LogP contribution in [0.2, 0.25) is 0 Å². The van der Waals surface area contributed by atoms with Crippen molar-refractivity contribution in [1.82, 2.24) is 19.9 Å². The minimum absolute atomic E-state index is 0.0712. The molecule has 0 aliphatic heterocycles. The van der Waals surface area contributed by atoms with Gasteiger partial charge in [0.05, 0.1) is 11.3 Å². The van der Waals surface area contributed by atoms with E-state index in [2.05, 4.69) is 25.3 Å². The Balaban J connectivity index is 1.57. The van der Waals surface area contributed by atoms with Crippen molar-refractivity contribution in [3.05, 3.63) is 90.3 Å². The van der Waals surface area contributed by atoms with E-state index in [0.29, 0.717) is 22.6 Å². The fraction of sp³-hybridized carbons (Fsp3) is 0.130. The fourth-order valence-corrected chi connectivity index (χ4v) is 3.89. The van der Waals surface area contributed by atoms with Gasteiger partial charge in [0.1, 0.15) is 24.5 Å². The molecular formula is C23H20FN5O3S. The molecule has 0 unspecified atom stereocenters. The summed E-state index contributed by atoms with van der Waals surface area (Å²) in [6, 6.07) is 14.7. The largest absolute Gasteiger partial charge is 0.488 e. The zero-order chi connectivity index (χ0) is 23.3. The summed E-state index contributed by atoms with van der Waals surface area (Å²) >= 11 is 0. The van der Waals surface area contributed by atoms with E-state index in [0.717, 1.165) is 5.56 Å². The Morgan fingerprint density at radius 2 is 1.88 bits per heavy atom. The van der Waals surface area contributed by atoms with E-state index >= 15 is 0 Å². The number of nitrogens with one attached hydrogen (secondary N) is 1. The van der Waals surface area contributed by atoms with Crippen molar-refractivity contribution >= 4 is 21.5 Å². The molecule has 0 aliphatic rings. The summed E-state index contributed by atoms with van der Waals surface area (Å²) in [6.45, 7) is 0.202. The first-order chi connectivity index (χ1) is 15.9. The van der Waals surface area contributed by atoms with Crippen LogP contribution in [0.25, 0.3) is 11.4 Å². The number of aromatic nitrogens is 4. The topological polar surface area (TPSA) is 107 Å². The number of halogens is 1. The maximum atomic E-state index is 13.9. The van der Waals surface area contributed by atoms with Gasteiger partial charge in [-0.15, -0.1) is 0 Å². The third-order valence-electron chi connectivity index (χ3n) is 4.49. The summed E-state index contributed by atoms with van der Waals surface area (Å²) in [5.41, 5.74) is 2.60. The lowest BCUT2D eigenvalue weighted by Gasteiger charge is -2.12. The predicted molar refractivity (Wildman–Crippen MR) is 122 cm³/mol. The van der Waals surface area contributed by atoms with Crippen LogP contribution in [0.15, 0.2) is 73.3 Å². The van der Waals surface area contributed by atoms with Gasteiger partial charge in [-0.25, -0.2) is 22.8 Å². The average Bonchev–Trinajstić information content (AvgIpc) is 2.78. The lowest BCUT2D eigenvalue weighted by atomic mass is 10.2. The van der Waals surface area contributed by atoms with Crippen molar-refractivity contribution in [2.75, 3.05) is 11.6 Å². The number of anilines is 2. The number of pyridine rings is 1. The third-order valence-corrected chi connectivity index (χ3v) is 5.34. The van der Waals surface area contributed by atoms with Gasteiger partial charge >= 0.3 is 0 Å². The van der Waals surface area contributed by atoms with Crippen LogP contribution in [0.3, 0.4) is 0 Å². The maximum absolute atomic E-state index is 13.9. The molecule has 4 rings (SSSR count). The molecule has 4 aromatic rings. The smallest absolute Gasteiger partial charge is 0.230 e. The standard InChI is InChI=1S/C23H20FN5O3S/c1-33(30,31)14-16-4-2-6-19(10-16)28-23-27-15-26-22(29-23)20-8-7-18(24)11-21(20)32-13-17-5-3-9-25-12-17/h2-12,15H,13-14H2,1H3,(H,26,27,28,29). The second-order valence-electron chi connectivity index (χ2n) is 7.32. The monoisotopic (exact) mass is 465 g/mol. The van der Waals surface area contributed by atoms with E-state index in [1.54, 1.807) is 48.8 Å². The molecule has 33 heavy (non-hydrogen) atoms. The van der Waals surface area contributed by atoms with Crippen LogP contribution in [0.5, 0.6) is 5.75 Å². The van der Waals surface area contributed by atoms with Gasteiger partial charge in [0.15, 0.2) is 15.7 Å². The highest BCUT2D eigenvalue weighted by atomic mass is 32.2. The number of benzene rings is 2. The van der Waals surface area contributed by atoms with Crippen molar-refractivity contribution in [3.8, 4) is 17.1 Å². The highest BCUT2D eigenvalue weighted by Crippen LogP contribution is 2.29. The molecule has 0 bridgehead atoms. The molecule has 8 nitrogen and oxygen atoms in total. The first kappa shape index (κ1) is 22.3. The lowest BCUT2D eigenvalue weighted by Crippen LogP contribution is -2.04. The molecule has 0 spiro atoms. The number of ether oxygens (including phenoxy) is 1. The van der Waals surface area contributed by atoms with E-state index in [-0.39, 0.29) is 24.1 Å². The van der Waals surface area contributed by atoms with Crippen molar-refractivity contribution < 1.29 is 17.5 Å². The van der Waals surface area contributed by atoms with Gasteiger partial charge in [-0.3, -0.25) is 4.98 Å². The van der Waals surface area contributed by atoms with Crippen molar-refractivity contribution in [2.45, 2.75) is 12.4 Å². The van der Waals surface area contributed by atoms with Crippen molar-refractivity contribution in [1.29, 1.82) is 0 Å². The molecule has 0 saturated heterocycles. The summed E-state index contributed by atoms with van der Waals surface area (Å²) in [7, 11) is -3.16. The van der Waals surface area contributed by atoms with Gasteiger partial charge in [0.2, 0.25) is 5.95 Å². The summed E-state index contributed by atoms with van der Waals surface area (Å²) in [4.78, 5) is 16.8. The third kappa shape index (κ3) is 6.30. The summed E-state index contributed by atoms with van der Waals surface area (Å²) in [5, 5.41) is 3.05. The Hall–Kier alpha value is -3.92. The van der Waals surface area contributed by atoms with Crippen LogP contribution in [0.4, 0.5) is 16.0 Å². The van der Waals surface area contributed by atoms with Gasteiger partial charge in [-0.05, 0) is 35.9 Å². The first-order valence-electron chi connectivity index (χ1n) is 9.90. The maximum Gasteiger partial charge on any atom is 0.230 e. The molecule has 2 heterocycles. The zero-order valence-corrected chi connectivity index (χ0v) is 18.5. The fourth-order valence-electron chi connectivity index (χ4n) is 3.10. The van der Waals surface area contributed by atoms with Crippen LogP contribution in [0.1, 0.15) is 11.1 Å². The highest BCUT2D eigenvalue weighted by molar-refractivity contribution is 7.89. The number of sulfone groups is 1. The van der Waals surface area contributed by atoms with Crippen molar-refractivity contribution in [2.24, 2.45) is 0 Å². The molecule has 0 saturated carbocycles. The van der Waals surface area contributed by atoms with Gasteiger partial charge in [-0.2, -0.15) is 4.98 Å². The average molecular weight is 466 g/mol. The lowest BCUT2D eigenvalue weighted by molar-refractivity contribution is 0.305. The number of hydrogen-bond acceptors (Lipinski definition) is 8. The normalized spacial score (nSPS) is 11.2. The molecule has 1 N–H and O–H groups in total. The van der Waals surface area contributed by atoms with Crippen LogP contribution in [-0.2, 0) is 22.2 Å². The molecule has 0 radical (unpaired) electrons.